The molecule has 0 saturated heterocycles. The molecule has 130 valence electrons. The number of carboxylic acid groups (broad SMARTS) is 1. The number of carbonyl (C=O) groups is 2. The predicted molar refractivity (Wildman–Crippen MR) is 96.5 cm³/mol. The summed E-state index contributed by atoms with van der Waals surface area (Å²) in [5.74, 6) is -1.40. The fraction of sp³-hybridized carbons (Fsp3) is 0.200. The highest BCUT2D eigenvalue weighted by Crippen LogP contribution is 2.27. The van der Waals surface area contributed by atoms with Crippen molar-refractivity contribution in [3.8, 4) is 6.07 Å². The Balaban J connectivity index is 2.26. The molecule has 3 aromatic rings. The van der Waals surface area contributed by atoms with E-state index in [1.807, 2.05) is 6.92 Å². The highest BCUT2D eigenvalue weighted by molar-refractivity contribution is 6.13. The molecule has 6 heteroatoms. The fourth-order valence-electron chi connectivity index (χ4n) is 3.30. The summed E-state index contributed by atoms with van der Waals surface area (Å²) < 4.78 is 1.73. The molecule has 2 aromatic heterocycles. The zero-order chi connectivity index (χ0) is 19.2. The largest absolute Gasteiger partial charge is 0.478 e. The molecule has 0 atom stereocenters. The minimum absolute atomic E-state index is 0.0145. The molecule has 0 aliphatic rings. The SMILES string of the molecule is Cc1ncc(C(=O)O)c(C)c1C(=O)c1cc2c(C)cc(C#N)cc2n1C. The maximum absolute atomic E-state index is 13.2. The second-order valence-electron chi connectivity index (χ2n) is 6.32. The summed E-state index contributed by atoms with van der Waals surface area (Å²) in [7, 11) is 1.76. The summed E-state index contributed by atoms with van der Waals surface area (Å²) in [6, 6.07) is 7.42. The Hall–Kier alpha value is -3.46. The summed E-state index contributed by atoms with van der Waals surface area (Å²) in [6.45, 7) is 5.20. The number of pyridine rings is 1. The summed E-state index contributed by atoms with van der Waals surface area (Å²) >= 11 is 0. The summed E-state index contributed by atoms with van der Waals surface area (Å²) in [5, 5.41) is 19.4. The van der Waals surface area contributed by atoms with Gasteiger partial charge in [0.2, 0.25) is 5.78 Å². The van der Waals surface area contributed by atoms with Crippen LogP contribution in [0.3, 0.4) is 0 Å². The first-order chi connectivity index (χ1) is 12.3. The highest BCUT2D eigenvalue weighted by Gasteiger charge is 2.23. The van der Waals surface area contributed by atoms with Gasteiger partial charge in [-0.2, -0.15) is 5.26 Å². The molecule has 1 aromatic carbocycles. The molecule has 0 bridgehead atoms. The first-order valence-corrected chi connectivity index (χ1v) is 8.00. The Morgan fingerprint density at radius 2 is 1.88 bits per heavy atom. The summed E-state index contributed by atoms with van der Waals surface area (Å²) in [4.78, 5) is 28.7. The third kappa shape index (κ3) is 2.54. The summed E-state index contributed by atoms with van der Waals surface area (Å²) in [5.41, 5.74) is 3.83. The number of nitriles is 1. The number of hydrogen-bond acceptors (Lipinski definition) is 4. The van der Waals surface area contributed by atoms with Crippen molar-refractivity contribution in [2.24, 2.45) is 7.05 Å². The van der Waals surface area contributed by atoms with E-state index in [1.54, 1.807) is 43.7 Å². The molecule has 0 saturated carbocycles. The molecule has 6 nitrogen and oxygen atoms in total. The number of aromatic nitrogens is 2. The Labute approximate surface area is 150 Å². The Bertz CT molecular complexity index is 1130. The number of ketones is 1. The average Bonchev–Trinajstić information content (AvgIpc) is 2.92. The van der Waals surface area contributed by atoms with Crippen molar-refractivity contribution in [3.63, 3.8) is 0 Å². The highest BCUT2D eigenvalue weighted by atomic mass is 16.4. The fourth-order valence-corrected chi connectivity index (χ4v) is 3.30. The van der Waals surface area contributed by atoms with Gasteiger partial charge in [0.25, 0.3) is 0 Å². The van der Waals surface area contributed by atoms with Crippen LogP contribution in [0.1, 0.15) is 48.8 Å². The lowest BCUT2D eigenvalue weighted by atomic mass is 9.97. The van der Waals surface area contributed by atoms with Gasteiger partial charge in [-0.05, 0) is 50.1 Å². The van der Waals surface area contributed by atoms with Gasteiger partial charge in [-0.1, -0.05) is 0 Å². The van der Waals surface area contributed by atoms with Gasteiger partial charge in [0.15, 0.2) is 0 Å². The van der Waals surface area contributed by atoms with Crippen molar-refractivity contribution >= 4 is 22.7 Å². The molecule has 0 aliphatic heterocycles. The number of fused-ring (bicyclic) bond motifs is 1. The van der Waals surface area contributed by atoms with Crippen LogP contribution in [-0.4, -0.2) is 26.4 Å². The lowest BCUT2D eigenvalue weighted by Crippen LogP contribution is -2.14. The first-order valence-electron chi connectivity index (χ1n) is 8.00. The number of hydrogen-bond donors (Lipinski definition) is 1. The predicted octanol–water partition coefficient (Wildman–Crippen LogP) is 3.30. The lowest BCUT2D eigenvalue weighted by Gasteiger charge is -2.11. The minimum Gasteiger partial charge on any atom is -0.478 e. The van der Waals surface area contributed by atoms with Gasteiger partial charge < -0.3 is 9.67 Å². The molecule has 0 amide bonds. The molecule has 0 spiro atoms. The summed E-state index contributed by atoms with van der Waals surface area (Å²) in [6.07, 6.45) is 1.27. The molecule has 2 heterocycles. The van der Waals surface area contributed by atoms with Gasteiger partial charge in [0.1, 0.15) is 0 Å². The second kappa shape index (κ2) is 6.12. The molecule has 0 unspecified atom stereocenters. The molecule has 26 heavy (non-hydrogen) atoms. The standard InChI is InChI=1S/C20H17N3O3/c1-10-5-13(8-21)6-16-14(10)7-17(23(16)4)19(24)18-11(2)15(20(25)26)9-22-12(18)3/h5-7,9H,1-4H3,(H,25,26). The molecule has 0 aliphatic carbocycles. The molecule has 3 rings (SSSR count). The second-order valence-corrected chi connectivity index (χ2v) is 6.32. The van der Waals surface area contributed by atoms with Gasteiger partial charge in [-0.25, -0.2) is 4.79 Å². The van der Waals surface area contributed by atoms with Crippen LogP contribution in [-0.2, 0) is 7.05 Å². The Morgan fingerprint density at radius 1 is 1.19 bits per heavy atom. The van der Waals surface area contributed by atoms with E-state index >= 15 is 0 Å². The number of nitrogens with zero attached hydrogens (tertiary/aromatic N) is 3. The zero-order valence-corrected chi connectivity index (χ0v) is 14.9. The monoisotopic (exact) mass is 347 g/mol. The van der Waals surface area contributed by atoms with Gasteiger partial charge in [0, 0.05) is 35.4 Å². The van der Waals surface area contributed by atoms with E-state index in [1.165, 1.54) is 6.20 Å². The van der Waals surface area contributed by atoms with Crippen molar-refractivity contribution in [2.45, 2.75) is 20.8 Å². The molecular formula is C20H17N3O3. The van der Waals surface area contributed by atoms with Crippen LogP contribution < -0.4 is 0 Å². The average molecular weight is 347 g/mol. The van der Waals surface area contributed by atoms with Gasteiger partial charge in [0.05, 0.1) is 22.9 Å². The van der Waals surface area contributed by atoms with E-state index in [-0.39, 0.29) is 11.3 Å². The minimum atomic E-state index is -1.12. The quantitative estimate of drug-likeness (QED) is 0.733. The van der Waals surface area contributed by atoms with Crippen molar-refractivity contribution in [1.29, 1.82) is 5.26 Å². The number of carboxylic acids is 1. The van der Waals surface area contributed by atoms with Gasteiger partial charge >= 0.3 is 5.97 Å². The third-order valence-electron chi connectivity index (χ3n) is 4.72. The van der Waals surface area contributed by atoms with Crippen LogP contribution in [0, 0.1) is 32.1 Å². The van der Waals surface area contributed by atoms with Crippen molar-refractivity contribution in [3.05, 3.63) is 63.6 Å². The number of carbonyl (C=O) groups excluding carboxylic acids is 1. The normalized spacial score (nSPS) is 10.7. The van der Waals surface area contributed by atoms with Crippen molar-refractivity contribution in [1.82, 2.24) is 9.55 Å². The number of aryl methyl sites for hydroxylation is 3. The van der Waals surface area contributed by atoms with Crippen LogP contribution in [0.4, 0.5) is 0 Å². The van der Waals surface area contributed by atoms with E-state index in [0.29, 0.717) is 28.1 Å². The van der Waals surface area contributed by atoms with Gasteiger partial charge in [-0.3, -0.25) is 9.78 Å². The maximum atomic E-state index is 13.2. The van der Waals surface area contributed by atoms with Crippen LogP contribution in [0.25, 0.3) is 10.9 Å². The zero-order valence-electron chi connectivity index (χ0n) is 14.9. The smallest absolute Gasteiger partial charge is 0.337 e. The topological polar surface area (TPSA) is 96.0 Å². The van der Waals surface area contributed by atoms with Crippen LogP contribution in [0.5, 0.6) is 0 Å². The van der Waals surface area contributed by atoms with E-state index < -0.39 is 5.97 Å². The first kappa shape index (κ1) is 17.4. The Morgan fingerprint density at radius 3 is 2.50 bits per heavy atom. The number of benzene rings is 1. The lowest BCUT2D eigenvalue weighted by molar-refractivity contribution is 0.0695. The van der Waals surface area contributed by atoms with E-state index in [4.69, 9.17) is 0 Å². The number of rotatable bonds is 3. The van der Waals surface area contributed by atoms with Gasteiger partial charge in [-0.15, -0.1) is 0 Å². The third-order valence-corrected chi connectivity index (χ3v) is 4.72. The molecule has 1 N–H and O–H groups in total. The van der Waals surface area contributed by atoms with Crippen LogP contribution in [0.15, 0.2) is 24.4 Å². The van der Waals surface area contributed by atoms with E-state index in [0.717, 1.165) is 16.5 Å². The molecule has 0 fully saturated rings. The van der Waals surface area contributed by atoms with Crippen LogP contribution >= 0.6 is 0 Å². The molecular weight excluding hydrogens is 330 g/mol. The number of aromatic carboxylic acids is 1. The van der Waals surface area contributed by atoms with E-state index in [9.17, 15) is 20.0 Å². The molecule has 0 radical (unpaired) electrons. The maximum Gasteiger partial charge on any atom is 0.337 e. The van der Waals surface area contributed by atoms with Crippen molar-refractivity contribution in [2.75, 3.05) is 0 Å². The Kier molecular flexibility index (Phi) is 4.09. The van der Waals surface area contributed by atoms with E-state index in [2.05, 4.69) is 11.1 Å². The van der Waals surface area contributed by atoms with Crippen molar-refractivity contribution < 1.29 is 14.7 Å². The van der Waals surface area contributed by atoms with Crippen LogP contribution in [0.2, 0.25) is 0 Å².